The summed E-state index contributed by atoms with van der Waals surface area (Å²) in [5.41, 5.74) is 5.41. The molecule has 0 atom stereocenters. The molecule has 1 N–H and O–H groups in total. The van der Waals surface area contributed by atoms with Crippen LogP contribution in [0.5, 0.6) is 11.5 Å². The van der Waals surface area contributed by atoms with Crippen molar-refractivity contribution in [3.05, 3.63) is 82.9 Å². The van der Waals surface area contributed by atoms with E-state index in [2.05, 4.69) is 22.5 Å². The number of ether oxygens (including phenoxy) is 2. The van der Waals surface area contributed by atoms with Gasteiger partial charge in [0.15, 0.2) is 0 Å². The highest BCUT2D eigenvalue weighted by molar-refractivity contribution is 8.00. The molecule has 160 valence electrons. The van der Waals surface area contributed by atoms with Crippen LogP contribution in [0.2, 0.25) is 0 Å². The Morgan fingerprint density at radius 1 is 1.00 bits per heavy atom. The molecule has 0 unspecified atom stereocenters. The van der Waals surface area contributed by atoms with Gasteiger partial charge in [0.2, 0.25) is 0 Å². The quantitative estimate of drug-likeness (QED) is 0.487. The summed E-state index contributed by atoms with van der Waals surface area (Å²) in [6.07, 6.45) is 2.78. The van der Waals surface area contributed by atoms with E-state index >= 15 is 0 Å². The van der Waals surface area contributed by atoms with Crippen molar-refractivity contribution in [2.75, 3.05) is 25.1 Å². The molecule has 0 bridgehead atoms. The summed E-state index contributed by atoms with van der Waals surface area (Å²) >= 11 is 1.70. The Morgan fingerprint density at radius 3 is 2.35 bits per heavy atom. The molecule has 3 aromatic carbocycles. The lowest BCUT2D eigenvalue weighted by atomic mass is 10.00. The Hall–Kier alpha value is -3.12. The number of fused-ring (bicyclic) bond motifs is 1. The predicted octanol–water partition coefficient (Wildman–Crippen LogP) is 5.26. The summed E-state index contributed by atoms with van der Waals surface area (Å²) in [4.78, 5) is 12.1. The molecule has 0 radical (unpaired) electrons. The van der Waals surface area contributed by atoms with Gasteiger partial charge in [0, 0.05) is 17.5 Å². The molecule has 1 aliphatic rings. The fourth-order valence-corrected chi connectivity index (χ4v) is 4.95. The van der Waals surface area contributed by atoms with E-state index in [1.807, 2.05) is 30.3 Å². The van der Waals surface area contributed by atoms with E-state index in [-0.39, 0.29) is 0 Å². The maximum Gasteiger partial charge on any atom is 0.335 e. The first kappa shape index (κ1) is 21.1. The number of para-hydroxylation sites is 1. The molecule has 1 aliphatic heterocycles. The summed E-state index contributed by atoms with van der Waals surface area (Å²) in [6.45, 7) is 0.948. The molecule has 0 saturated carbocycles. The van der Waals surface area contributed by atoms with Gasteiger partial charge in [-0.05, 0) is 72.2 Å². The first-order valence-corrected chi connectivity index (χ1v) is 11.0. The lowest BCUT2D eigenvalue weighted by Crippen LogP contribution is -2.12. The third-order valence-electron chi connectivity index (χ3n) is 5.46. The Bertz CT molecular complexity index is 1060. The monoisotopic (exact) mass is 435 g/mol. The molecule has 1 heterocycles. The zero-order chi connectivity index (χ0) is 21.8. The van der Waals surface area contributed by atoms with Crippen LogP contribution >= 0.6 is 11.9 Å². The second-order valence-corrected chi connectivity index (χ2v) is 8.51. The average Bonchev–Trinajstić information content (AvgIpc) is 3.21. The van der Waals surface area contributed by atoms with Crippen molar-refractivity contribution in [2.45, 2.75) is 24.2 Å². The molecule has 0 saturated heterocycles. The van der Waals surface area contributed by atoms with E-state index in [9.17, 15) is 4.79 Å². The fourth-order valence-electron chi connectivity index (χ4n) is 3.85. The molecule has 4 rings (SSSR count). The van der Waals surface area contributed by atoms with Crippen LogP contribution in [0.15, 0.2) is 65.6 Å². The van der Waals surface area contributed by atoms with Crippen molar-refractivity contribution in [1.29, 1.82) is 0 Å². The van der Waals surface area contributed by atoms with Crippen LogP contribution in [-0.4, -0.2) is 31.8 Å². The average molecular weight is 436 g/mol. The summed E-state index contributed by atoms with van der Waals surface area (Å²) in [5.74, 6) is 0.660. The number of nitrogens with zero attached hydrogens (tertiary/aromatic N) is 1. The van der Waals surface area contributed by atoms with E-state index in [1.165, 1.54) is 16.8 Å². The van der Waals surface area contributed by atoms with Gasteiger partial charge in [-0.2, -0.15) is 0 Å². The van der Waals surface area contributed by atoms with Gasteiger partial charge < -0.3 is 18.9 Å². The number of methoxy groups -OCH3 is 2. The summed E-state index contributed by atoms with van der Waals surface area (Å²) in [7, 11) is 3.32. The molecule has 0 aromatic heterocycles. The van der Waals surface area contributed by atoms with Crippen molar-refractivity contribution in [2.24, 2.45) is 0 Å². The lowest BCUT2D eigenvalue weighted by Gasteiger charge is -2.21. The highest BCUT2D eigenvalue weighted by atomic mass is 32.2. The number of hydrogen-bond acceptors (Lipinski definition) is 5. The molecule has 0 fully saturated rings. The summed E-state index contributed by atoms with van der Waals surface area (Å²) in [5, 5.41) is 9.08. The molecule has 0 spiro atoms. The third kappa shape index (κ3) is 4.80. The highest BCUT2D eigenvalue weighted by Crippen LogP contribution is 2.41. The van der Waals surface area contributed by atoms with Crippen molar-refractivity contribution in [1.82, 2.24) is 0 Å². The molecule has 6 heteroatoms. The van der Waals surface area contributed by atoms with Crippen LogP contribution < -0.4 is 13.8 Å². The number of benzene rings is 3. The van der Waals surface area contributed by atoms with Crippen molar-refractivity contribution in [3.63, 3.8) is 0 Å². The second kappa shape index (κ2) is 9.35. The van der Waals surface area contributed by atoms with Gasteiger partial charge in [-0.25, -0.2) is 4.79 Å². The van der Waals surface area contributed by atoms with Gasteiger partial charge in [-0.15, -0.1) is 0 Å². The van der Waals surface area contributed by atoms with Crippen LogP contribution in [0.3, 0.4) is 0 Å². The first-order chi connectivity index (χ1) is 15.1. The van der Waals surface area contributed by atoms with Crippen LogP contribution in [-0.2, 0) is 19.3 Å². The molecule has 0 aliphatic carbocycles. The zero-order valence-corrected chi connectivity index (χ0v) is 18.4. The Balaban J connectivity index is 1.53. The lowest BCUT2D eigenvalue weighted by molar-refractivity contribution is 0.0697. The van der Waals surface area contributed by atoms with Crippen molar-refractivity contribution < 1.29 is 19.4 Å². The number of hydrogen-bond donors (Lipinski definition) is 1. The van der Waals surface area contributed by atoms with Crippen molar-refractivity contribution >= 4 is 23.6 Å². The number of carboxylic acids is 1. The van der Waals surface area contributed by atoms with E-state index in [4.69, 9.17) is 14.6 Å². The molecule has 3 aromatic rings. The zero-order valence-electron chi connectivity index (χ0n) is 17.6. The third-order valence-corrected chi connectivity index (χ3v) is 6.49. The first-order valence-electron chi connectivity index (χ1n) is 10.2. The van der Waals surface area contributed by atoms with Gasteiger partial charge in [0.1, 0.15) is 11.5 Å². The topological polar surface area (TPSA) is 59.0 Å². The number of rotatable bonds is 8. The molecular weight excluding hydrogens is 410 g/mol. The minimum atomic E-state index is -0.894. The van der Waals surface area contributed by atoms with Crippen LogP contribution in [0.4, 0.5) is 5.69 Å². The second-order valence-electron chi connectivity index (χ2n) is 7.42. The summed E-state index contributed by atoms with van der Waals surface area (Å²) in [6, 6.07) is 19.6. The highest BCUT2D eigenvalue weighted by Gasteiger charge is 2.23. The van der Waals surface area contributed by atoms with E-state index < -0.39 is 5.97 Å². The minimum Gasteiger partial charge on any atom is -0.497 e. The predicted molar refractivity (Wildman–Crippen MR) is 124 cm³/mol. The van der Waals surface area contributed by atoms with Gasteiger partial charge in [0.25, 0.3) is 0 Å². The number of anilines is 1. The number of carboxylic acid groups (broad SMARTS) is 1. The number of aryl methyl sites for hydroxylation is 2. The summed E-state index contributed by atoms with van der Waals surface area (Å²) < 4.78 is 13.2. The molecule has 31 heavy (non-hydrogen) atoms. The van der Waals surface area contributed by atoms with Crippen LogP contribution in [0.25, 0.3) is 0 Å². The number of aromatic carboxylic acids is 1. The van der Waals surface area contributed by atoms with E-state index in [1.54, 1.807) is 38.3 Å². The Kier molecular flexibility index (Phi) is 6.37. The number of carbonyl (C=O) groups is 1. The van der Waals surface area contributed by atoms with Crippen LogP contribution in [0.1, 0.15) is 27.0 Å². The standard InChI is InChI=1S/C25H25NO4S/c1-29-21-14-22(30-2)16-23(15-21)31-26-13-12-19-5-3-4-18(24(19)26)9-6-17-7-10-20(11-8-17)25(27)28/h3-5,7-8,10-11,14-16H,6,9,12-13H2,1-2H3,(H,27,28). The Labute approximate surface area is 186 Å². The molecule has 5 nitrogen and oxygen atoms in total. The van der Waals surface area contributed by atoms with Crippen LogP contribution in [0, 0.1) is 0 Å². The maximum absolute atomic E-state index is 11.1. The minimum absolute atomic E-state index is 0.320. The molecule has 0 amide bonds. The van der Waals surface area contributed by atoms with Gasteiger partial charge in [-0.3, -0.25) is 0 Å². The van der Waals surface area contributed by atoms with Gasteiger partial charge in [-0.1, -0.05) is 30.3 Å². The fraction of sp³-hybridized carbons (Fsp3) is 0.240. The molecular formula is C25H25NO4S. The van der Waals surface area contributed by atoms with Gasteiger partial charge in [0.05, 0.1) is 25.5 Å². The normalized spacial score (nSPS) is 12.5. The van der Waals surface area contributed by atoms with Crippen molar-refractivity contribution in [3.8, 4) is 11.5 Å². The maximum atomic E-state index is 11.1. The van der Waals surface area contributed by atoms with E-state index in [0.717, 1.165) is 47.8 Å². The largest absolute Gasteiger partial charge is 0.497 e. The smallest absolute Gasteiger partial charge is 0.335 e. The Morgan fingerprint density at radius 2 is 1.71 bits per heavy atom. The SMILES string of the molecule is COc1cc(OC)cc(SN2CCc3cccc(CCc4ccc(C(=O)O)cc4)c32)c1. The van der Waals surface area contributed by atoms with Gasteiger partial charge >= 0.3 is 5.97 Å². The van der Waals surface area contributed by atoms with E-state index in [0.29, 0.717) is 5.56 Å².